The molecular weight excluding hydrogens is 256 g/mol. The van der Waals surface area contributed by atoms with Gasteiger partial charge in [-0.3, -0.25) is 0 Å². The van der Waals surface area contributed by atoms with Gasteiger partial charge >= 0.3 is 0 Å². The van der Waals surface area contributed by atoms with Crippen LogP contribution in [0.4, 0.5) is 0 Å². The molecule has 104 valence electrons. The fourth-order valence-electron chi connectivity index (χ4n) is 2.23. The molecule has 0 fully saturated rings. The minimum atomic E-state index is 0.858. The van der Waals surface area contributed by atoms with E-state index in [-0.39, 0.29) is 0 Å². The fourth-order valence-corrected chi connectivity index (χ4v) is 2.23. The molecule has 3 rings (SSSR count). The summed E-state index contributed by atoms with van der Waals surface area (Å²) in [4.78, 5) is 0. The quantitative estimate of drug-likeness (QED) is 0.589. The highest BCUT2D eigenvalue weighted by atomic mass is 16.5. The van der Waals surface area contributed by atoms with Gasteiger partial charge in [0.1, 0.15) is 11.5 Å². The Morgan fingerprint density at radius 3 is 1.86 bits per heavy atom. The summed E-state index contributed by atoms with van der Waals surface area (Å²) in [6.45, 7) is 4.17. The molecule has 0 unspecified atom stereocenters. The maximum Gasteiger partial charge on any atom is 0.128 e. The summed E-state index contributed by atoms with van der Waals surface area (Å²) >= 11 is 0. The van der Waals surface area contributed by atoms with Gasteiger partial charge in [0.15, 0.2) is 0 Å². The molecule has 0 amide bonds. The zero-order valence-corrected chi connectivity index (χ0v) is 12.3. The second-order valence-corrected chi connectivity index (χ2v) is 5.31. The van der Waals surface area contributed by atoms with Crippen molar-refractivity contribution >= 4 is 0 Å². The van der Waals surface area contributed by atoms with Gasteiger partial charge in [0.05, 0.1) is 0 Å². The smallest absolute Gasteiger partial charge is 0.128 e. The van der Waals surface area contributed by atoms with Crippen molar-refractivity contribution in [3.05, 3.63) is 83.9 Å². The molecule has 0 N–H and O–H groups in total. The SMILES string of the molecule is Cc1ccc(Oc2cccc(-c3ccc(C)cc3)c2)cc1. The predicted octanol–water partition coefficient (Wildman–Crippen LogP) is 5.76. The van der Waals surface area contributed by atoms with Gasteiger partial charge in [-0.05, 0) is 49.2 Å². The van der Waals surface area contributed by atoms with Crippen LogP contribution < -0.4 is 4.74 Å². The molecule has 0 atom stereocenters. The van der Waals surface area contributed by atoms with E-state index >= 15 is 0 Å². The normalized spacial score (nSPS) is 10.4. The summed E-state index contributed by atoms with van der Waals surface area (Å²) in [5.74, 6) is 1.72. The molecule has 0 aromatic heterocycles. The monoisotopic (exact) mass is 274 g/mol. The Kier molecular flexibility index (Phi) is 3.74. The Labute approximate surface area is 125 Å². The molecule has 0 saturated carbocycles. The minimum absolute atomic E-state index is 0.858. The van der Waals surface area contributed by atoms with Crippen molar-refractivity contribution in [2.45, 2.75) is 13.8 Å². The van der Waals surface area contributed by atoms with Crippen LogP contribution in [-0.4, -0.2) is 0 Å². The minimum Gasteiger partial charge on any atom is -0.457 e. The highest BCUT2D eigenvalue weighted by molar-refractivity contribution is 5.65. The van der Waals surface area contributed by atoms with E-state index in [0.29, 0.717) is 0 Å². The Balaban J connectivity index is 1.86. The molecule has 0 heterocycles. The van der Waals surface area contributed by atoms with E-state index < -0.39 is 0 Å². The molecule has 3 aromatic rings. The third-order valence-electron chi connectivity index (χ3n) is 3.48. The van der Waals surface area contributed by atoms with E-state index in [9.17, 15) is 0 Å². The molecular formula is C20H18O. The van der Waals surface area contributed by atoms with Crippen LogP contribution in [0.25, 0.3) is 11.1 Å². The summed E-state index contributed by atoms with van der Waals surface area (Å²) < 4.78 is 5.92. The summed E-state index contributed by atoms with van der Waals surface area (Å²) in [5.41, 5.74) is 4.87. The highest BCUT2D eigenvalue weighted by Crippen LogP contribution is 2.27. The van der Waals surface area contributed by atoms with Crippen molar-refractivity contribution in [2.24, 2.45) is 0 Å². The van der Waals surface area contributed by atoms with E-state index in [1.807, 2.05) is 24.3 Å². The van der Waals surface area contributed by atoms with E-state index in [2.05, 4.69) is 62.4 Å². The van der Waals surface area contributed by atoms with Crippen LogP contribution in [-0.2, 0) is 0 Å². The van der Waals surface area contributed by atoms with Crippen molar-refractivity contribution in [2.75, 3.05) is 0 Å². The van der Waals surface area contributed by atoms with Crippen LogP contribution in [0.15, 0.2) is 72.8 Å². The van der Waals surface area contributed by atoms with Crippen molar-refractivity contribution < 1.29 is 4.74 Å². The second kappa shape index (κ2) is 5.84. The standard InChI is InChI=1S/C20H18O/c1-15-6-10-17(11-7-15)18-4-3-5-20(14-18)21-19-12-8-16(2)9-13-19/h3-14H,1-2H3. The number of rotatable bonds is 3. The van der Waals surface area contributed by atoms with Crippen molar-refractivity contribution in [1.29, 1.82) is 0 Å². The molecule has 0 bridgehead atoms. The predicted molar refractivity (Wildman–Crippen MR) is 87.9 cm³/mol. The largest absolute Gasteiger partial charge is 0.457 e. The van der Waals surface area contributed by atoms with Gasteiger partial charge in [0.25, 0.3) is 0 Å². The number of hydrogen-bond donors (Lipinski definition) is 0. The molecule has 0 aliphatic carbocycles. The Morgan fingerprint density at radius 1 is 0.571 bits per heavy atom. The van der Waals surface area contributed by atoms with Gasteiger partial charge in [-0.2, -0.15) is 0 Å². The van der Waals surface area contributed by atoms with E-state index in [4.69, 9.17) is 4.74 Å². The van der Waals surface area contributed by atoms with Crippen molar-refractivity contribution in [1.82, 2.24) is 0 Å². The van der Waals surface area contributed by atoms with Crippen LogP contribution in [0.1, 0.15) is 11.1 Å². The topological polar surface area (TPSA) is 9.23 Å². The Hall–Kier alpha value is -2.54. The van der Waals surface area contributed by atoms with Crippen LogP contribution in [0.5, 0.6) is 11.5 Å². The molecule has 0 saturated heterocycles. The molecule has 3 aromatic carbocycles. The van der Waals surface area contributed by atoms with Gasteiger partial charge in [-0.15, -0.1) is 0 Å². The molecule has 21 heavy (non-hydrogen) atoms. The number of hydrogen-bond acceptors (Lipinski definition) is 1. The summed E-state index contributed by atoms with van der Waals surface area (Å²) in [5, 5.41) is 0. The van der Waals surface area contributed by atoms with E-state index in [0.717, 1.165) is 11.5 Å². The average Bonchev–Trinajstić information content (AvgIpc) is 2.51. The van der Waals surface area contributed by atoms with E-state index in [1.54, 1.807) is 0 Å². The lowest BCUT2D eigenvalue weighted by atomic mass is 10.0. The third-order valence-corrected chi connectivity index (χ3v) is 3.48. The molecule has 0 spiro atoms. The van der Waals surface area contributed by atoms with Gasteiger partial charge in [0.2, 0.25) is 0 Å². The lowest BCUT2D eigenvalue weighted by Gasteiger charge is -2.08. The first-order valence-electron chi connectivity index (χ1n) is 7.12. The molecule has 1 heteroatoms. The van der Waals surface area contributed by atoms with E-state index in [1.165, 1.54) is 22.3 Å². The highest BCUT2D eigenvalue weighted by Gasteiger charge is 2.01. The zero-order chi connectivity index (χ0) is 14.7. The second-order valence-electron chi connectivity index (χ2n) is 5.31. The Morgan fingerprint density at radius 2 is 1.19 bits per heavy atom. The maximum atomic E-state index is 5.92. The Bertz CT molecular complexity index is 725. The maximum absolute atomic E-state index is 5.92. The van der Waals surface area contributed by atoms with Crippen LogP contribution >= 0.6 is 0 Å². The number of aryl methyl sites for hydroxylation is 2. The summed E-state index contributed by atoms with van der Waals surface area (Å²) in [6, 6.07) is 24.8. The zero-order valence-electron chi connectivity index (χ0n) is 12.3. The fraction of sp³-hybridized carbons (Fsp3) is 0.100. The molecule has 0 aliphatic heterocycles. The number of ether oxygens (including phenoxy) is 1. The van der Waals surface area contributed by atoms with Gasteiger partial charge in [-0.25, -0.2) is 0 Å². The number of benzene rings is 3. The first kappa shape index (κ1) is 13.4. The van der Waals surface area contributed by atoms with Crippen LogP contribution in [0.2, 0.25) is 0 Å². The third kappa shape index (κ3) is 3.32. The lowest BCUT2D eigenvalue weighted by molar-refractivity contribution is 0.483. The summed E-state index contributed by atoms with van der Waals surface area (Å²) in [7, 11) is 0. The average molecular weight is 274 g/mol. The molecule has 0 aliphatic rings. The van der Waals surface area contributed by atoms with Gasteiger partial charge < -0.3 is 4.74 Å². The first-order valence-corrected chi connectivity index (χ1v) is 7.12. The van der Waals surface area contributed by atoms with Crippen molar-refractivity contribution in [3.63, 3.8) is 0 Å². The van der Waals surface area contributed by atoms with Gasteiger partial charge in [-0.1, -0.05) is 59.7 Å². The molecule has 1 nitrogen and oxygen atoms in total. The first-order chi connectivity index (χ1) is 10.2. The van der Waals surface area contributed by atoms with Crippen LogP contribution in [0, 0.1) is 13.8 Å². The van der Waals surface area contributed by atoms with Crippen molar-refractivity contribution in [3.8, 4) is 22.6 Å². The molecule has 0 radical (unpaired) electrons. The lowest BCUT2D eigenvalue weighted by Crippen LogP contribution is -1.85. The summed E-state index contributed by atoms with van der Waals surface area (Å²) in [6.07, 6.45) is 0. The van der Waals surface area contributed by atoms with Crippen LogP contribution in [0.3, 0.4) is 0 Å². The van der Waals surface area contributed by atoms with Gasteiger partial charge in [0, 0.05) is 0 Å².